The van der Waals surface area contributed by atoms with Gasteiger partial charge in [0.15, 0.2) is 5.82 Å². The summed E-state index contributed by atoms with van der Waals surface area (Å²) in [6.07, 6.45) is 1.66. The third-order valence-electron chi connectivity index (χ3n) is 3.46. The standard InChI is InChI=1S/C17H24F2N6O/c1-5-7-13-11(3)21-15(14(18)19)25(13)17-23-12(4)22-16(24-17)20-8-10-26-9-6-2/h5,7,14H,6,8-10H2,1-4H3,(H,20,22,23,24)/b7-5-. The number of hydrogen-bond donors (Lipinski definition) is 1. The molecule has 0 aromatic carbocycles. The molecule has 2 heterocycles. The van der Waals surface area contributed by atoms with Crippen molar-refractivity contribution in [2.24, 2.45) is 0 Å². The van der Waals surface area contributed by atoms with Crippen LogP contribution < -0.4 is 5.32 Å². The van der Waals surface area contributed by atoms with Crippen molar-refractivity contribution in [1.82, 2.24) is 24.5 Å². The monoisotopic (exact) mass is 366 g/mol. The summed E-state index contributed by atoms with van der Waals surface area (Å²) in [5, 5.41) is 3.04. The summed E-state index contributed by atoms with van der Waals surface area (Å²) in [5.41, 5.74) is 1.00. The van der Waals surface area contributed by atoms with E-state index < -0.39 is 12.2 Å². The van der Waals surface area contributed by atoms with E-state index in [0.29, 0.717) is 42.9 Å². The van der Waals surface area contributed by atoms with Crippen LogP contribution in [-0.2, 0) is 4.74 Å². The van der Waals surface area contributed by atoms with Crippen molar-refractivity contribution >= 4 is 12.0 Å². The molecule has 1 N–H and O–H groups in total. The fourth-order valence-electron chi connectivity index (χ4n) is 2.40. The van der Waals surface area contributed by atoms with Crippen molar-refractivity contribution < 1.29 is 13.5 Å². The van der Waals surface area contributed by atoms with Gasteiger partial charge >= 0.3 is 0 Å². The predicted molar refractivity (Wildman–Crippen MR) is 95.7 cm³/mol. The third kappa shape index (κ3) is 4.81. The van der Waals surface area contributed by atoms with E-state index in [9.17, 15) is 8.78 Å². The Hall–Kier alpha value is -2.42. The quantitative estimate of drug-likeness (QED) is 0.685. The number of allylic oxidation sites excluding steroid dienone is 1. The van der Waals surface area contributed by atoms with Gasteiger partial charge in [-0.2, -0.15) is 15.0 Å². The smallest absolute Gasteiger partial charge is 0.296 e. The first-order valence-corrected chi connectivity index (χ1v) is 8.52. The van der Waals surface area contributed by atoms with Crippen LogP contribution in [0, 0.1) is 13.8 Å². The molecule has 7 nitrogen and oxygen atoms in total. The van der Waals surface area contributed by atoms with Gasteiger partial charge in [-0.1, -0.05) is 13.0 Å². The van der Waals surface area contributed by atoms with Crippen LogP contribution in [0.2, 0.25) is 0 Å². The van der Waals surface area contributed by atoms with Crippen LogP contribution in [0.3, 0.4) is 0 Å². The molecule has 0 amide bonds. The fraction of sp³-hybridized carbons (Fsp3) is 0.529. The highest BCUT2D eigenvalue weighted by atomic mass is 19.3. The second kappa shape index (κ2) is 9.33. The number of aryl methyl sites for hydroxylation is 2. The molecule has 26 heavy (non-hydrogen) atoms. The van der Waals surface area contributed by atoms with E-state index >= 15 is 0 Å². The number of halogens is 2. The van der Waals surface area contributed by atoms with Crippen LogP contribution >= 0.6 is 0 Å². The lowest BCUT2D eigenvalue weighted by molar-refractivity contribution is 0.138. The molecular weight excluding hydrogens is 342 g/mol. The molecule has 0 saturated carbocycles. The average molecular weight is 366 g/mol. The minimum atomic E-state index is -2.75. The van der Waals surface area contributed by atoms with E-state index in [1.165, 1.54) is 4.57 Å². The van der Waals surface area contributed by atoms with Gasteiger partial charge in [-0.05, 0) is 33.3 Å². The number of rotatable bonds is 9. The fourth-order valence-corrected chi connectivity index (χ4v) is 2.40. The Morgan fingerprint density at radius 1 is 1.15 bits per heavy atom. The molecule has 0 fully saturated rings. The number of imidazole rings is 1. The second-order valence-corrected chi connectivity index (χ2v) is 5.62. The third-order valence-corrected chi connectivity index (χ3v) is 3.46. The highest BCUT2D eigenvalue weighted by Crippen LogP contribution is 2.25. The molecular formula is C17H24F2N6O. The highest BCUT2D eigenvalue weighted by molar-refractivity contribution is 5.51. The lowest BCUT2D eigenvalue weighted by atomic mass is 10.3. The van der Waals surface area contributed by atoms with E-state index in [-0.39, 0.29) is 5.95 Å². The molecule has 0 saturated heterocycles. The molecule has 0 aliphatic carbocycles. The second-order valence-electron chi connectivity index (χ2n) is 5.62. The summed E-state index contributed by atoms with van der Waals surface area (Å²) in [5.74, 6) is 0.451. The number of aromatic nitrogens is 5. The minimum Gasteiger partial charge on any atom is -0.380 e. The molecule has 0 aliphatic rings. The largest absolute Gasteiger partial charge is 0.380 e. The zero-order valence-corrected chi connectivity index (χ0v) is 15.5. The first-order valence-electron chi connectivity index (χ1n) is 8.52. The van der Waals surface area contributed by atoms with Crippen LogP contribution in [0.15, 0.2) is 6.08 Å². The first-order chi connectivity index (χ1) is 12.5. The molecule has 0 spiro atoms. The molecule has 9 heteroatoms. The van der Waals surface area contributed by atoms with E-state index in [0.717, 1.165) is 6.42 Å². The zero-order valence-electron chi connectivity index (χ0n) is 15.5. The summed E-state index contributed by atoms with van der Waals surface area (Å²) in [4.78, 5) is 16.7. The lowest BCUT2D eigenvalue weighted by Crippen LogP contribution is -2.16. The Bertz CT molecular complexity index is 760. The van der Waals surface area contributed by atoms with E-state index in [1.54, 1.807) is 32.9 Å². The molecule has 0 atom stereocenters. The summed E-state index contributed by atoms with van der Waals surface area (Å²) >= 11 is 0. The molecule has 0 aliphatic heterocycles. The lowest BCUT2D eigenvalue weighted by Gasteiger charge is -2.11. The summed E-state index contributed by atoms with van der Waals surface area (Å²) < 4.78 is 33.6. The van der Waals surface area contributed by atoms with Crippen LogP contribution in [0.4, 0.5) is 14.7 Å². The number of alkyl halides is 2. The highest BCUT2D eigenvalue weighted by Gasteiger charge is 2.23. The van der Waals surface area contributed by atoms with Gasteiger partial charge < -0.3 is 10.1 Å². The molecule has 0 radical (unpaired) electrons. The number of hydrogen-bond acceptors (Lipinski definition) is 6. The SMILES string of the molecule is C/C=C\c1c(C)nc(C(F)F)n1-c1nc(C)nc(NCCOCCC)n1. The van der Waals surface area contributed by atoms with Gasteiger partial charge in [-0.25, -0.2) is 13.8 Å². The summed E-state index contributed by atoms with van der Waals surface area (Å²) in [6.45, 7) is 8.90. The Kier molecular flexibility index (Phi) is 7.14. The van der Waals surface area contributed by atoms with Gasteiger partial charge in [0, 0.05) is 13.2 Å². The van der Waals surface area contributed by atoms with Crippen LogP contribution in [-0.4, -0.2) is 44.3 Å². The van der Waals surface area contributed by atoms with Crippen molar-refractivity contribution in [2.45, 2.75) is 40.5 Å². The van der Waals surface area contributed by atoms with Crippen molar-refractivity contribution in [3.05, 3.63) is 29.1 Å². The first kappa shape index (κ1) is 19.9. The van der Waals surface area contributed by atoms with Gasteiger partial charge in [0.25, 0.3) is 6.43 Å². The van der Waals surface area contributed by atoms with E-state index in [2.05, 4.69) is 25.3 Å². The van der Waals surface area contributed by atoms with Crippen molar-refractivity contribution in [1.29, 1.82) is 0 Å². The van der Waals surface area contributed by atoms with Gasteiger partial charge in [0.05, 0.1) is 18.0 Å². The van der Waals surface area contributed by atoms with Gasteiger partial charge in [-0.3, -0.25) is 4.57 Å². The molecule has 0 bridgehead atoms. The van der Waals surface area contributed by atoms with E-state index in [4.69, 9.17) is 4.74 Å². The summed E-state index contributed by atoms with van der Waals surface area (Å²) in [7, 11) is 0. The Morgan fingerprint density at radius 2 is 1.92 bits per heavy atom. The van der Waals surface area contributed by atoms with Gasteiger partial charge in [0.2, 0.25) is 11.9 Å². The molecule has 2 rings (SSSR count). The van der Waals surface area contributed by atoms with Crippen molar-refractivity contribution in [2.75, 3.05) is 25.1 Å². The molecule has 0 unspecified atom stereocenters. The topological polar surface area (TPSA) is 77.8 Å². The van der Waals surface area contributed by atoms with Crippen LogP contribution in [0.25, 0.3) is 12.0 Å². The maximum absolute atomic E-state index is 13.5. The Morgan fingerprint density at radius 3 is 2.58 bits per heavy atom. The van der Waals surface area contributed by atoms with E-state index in [1.807, 2.05) is 6.92 Å². The maximum Gasteiger partial charge on any atom is 0.296 e. The summed E-state index contributed by atoms with van der Waals surface area (Å²) in [6, 6.07) is 0. The molecule has 2 aromatic heterocycles. The van der Waals surface area contributed by atoms with Crippen molar-refractivity contribution in [3.8, 4) is 5.95 Å². The Labute approximate surface area is 151 Å². The van der Waals surface area contributed by atoms with Crippen LogP contribution in [0.5, 0.6) is 0 Å². The Balaban J connectivity index is 2.36. The number of ether oxygens (including phenoxy) is 1. The average Bonchev–Trinajstić information content (AvgIpc) is 2.92. The molecule has 2 aromatic rings. The van der Waals surface area contributed by atoms with Crippen LogP contribution in [0.1, 0.15) is 49.7 Å². The normalized spacial score (nSPS) is 11.7. The zero-order chi connectivity index (χ0) is 19.1. The van der Waals surface area contributed by atoms with Crippen molar-refractivity contribution in [3.63, 3.8) is 0 Å². The molecule has 142 valence electrons. The number of nitrogens with one attached hydrogen (secondary N) is 1. The van der Waals surface area contributed by atoms with Gasteiger partial charge in [0.1, 0.15) is 5.82 Å². The minimum absolute atomic E-state index is 0.110. The predicted octanol–water partition coefficient (Wildman–Crippen LogP) is 3.48. The van der Waals surface area contributed by atoms with Gasteiger partial charge in [-0.15, -0.1) is 0 Å². The number of nitrogens with zero attached hydrogens (tertiary/aromatic N) is 5. The maximum atomic E-state index is 13.5. The number of anilines is 1.